The van der Waals surface area contributed by atoms with Gasteiger partial charge in [0.1, 0.15) is 21.9 Å². The maximum atomic E-state index is 11.9. The van der Waals surface area contributed by atoms with Gasteiger partial charge >= 0.3 is 5.97 Å². The summed E-state index contributed by atoms with van der Waals surface area (Å²) in [5, 5.41) is 6.22. The molecule has 3 rings (SSSR count). The quantitative estimate of drug-likeness (QED) is 0.350. The van der Waals surface area contributed by atoms with Crippen molar-refractivity contribution in [1.29, 1.82) is 0 Å². The van der Waals surface area contributed by atoms with Crippen LogP contribution in [0.4, 0.5) is 5.69 Å². The molecule has 1 N–H and O–H groups in total. The molecule has 0 fully saturated rings. The van der Waals surface area contributed by atoms with E-state index in [0.29, 0.717) is 12.3 Å². The minimum absolute atomic E-state index is 0.0678. The van der Waals surface area contributed by atoms with Crippen LogP contribution in [0.1, 0.15) is 6.92 Å². The molecule has 3 aromatic rings. The lowest BCUT2D eigenvalue weighted by atomic mass is 10.3. The molecule has 0 saturated carbocycles. The highest BCUT2D eigenvalue weighted by molar-refractivity contribution is 8.00. The number of hydrogen-bond donors (Lipinski definition) is 1. The Bertz CT molecular complexity index is 928. The SMILES string of the molecule is CCOc1ccc(NC(=O)COC(=O)CSc2ncnc3sccc23)cc1. The molecule has 0 atom stereocenters. The Balaban J connectivity index is 1.43. The first-order chi connectivity index (χ1) is 13.2. The van der Waals surface area contributed by atoms with Crippen molar-refractivity contribution in [3.8, 4) is 5.75 Å². The van der Waals surface area contributed by atoms with Gasteiger partial charge in [0.25, 0.3) is 5.91 Å². The summed E-state index contributed by atoms with van der Waals surface area (Å²) in [6, 6.07) is 8.88. The van der Waals surface area contributed by atoms with Crippen molar-refractivity contribution in [2.45, 2.75) is 11.9 Å². The van der Waals surface area contributed by atoms with Gasteiger partial charge in [0, 0.05) is 11.1 Å². The predicted octanol–water partition coefficient (Wildman–Crippen LogP) is 3.36. The van der Waals surface area contributed by atoms with Gasteiger partial charge in [0.15, 0.2) is 6.61 Å². The second-order valence-electron chi connectivity index (χ2n) is 5.27. The highest BCUT2D eigenvalue weighted by Crippen LogP contribution is 2.27. The topological polar surface area (TPSA) is 90.4 Å². The zero-order valence-electron chi connectivity index (χ0n) is 14.5. The average molecular weight is 403 g/mol. The maximum Gasteiger partial charge on any atom is 0.316 e. The van der Waals surface area contributed by atoms with Gasteiger partial charge in [0.05, 0.1) is 12.4 Å². The standard InChI is InChI=1S/C18H17N3O4S2/c1-2-24-13-5-3-12(4-6-13)21-15(22)9-25-16(23)10-27-18-14-7-8-26-17(14)19-11-20-18/h3-8,11H,2,9-10H2,1H3,(H,21,22). The first-order valence-corrected chi connectivity index (χ1v) is 10.0. The largest absolute Gasteiger partial charge is 0.494 e. The molecular weight excluding hydrogens is 386 g/mol. The molecule has 0 unspecified atom stereocenters. The molecule has 1 aromatic carbocycles. The third-order valence-corrected chi connectivity index (χ3v) is 5.16. The Hall–Kier alpha value is -2.65. The van der Waals surface area contributed by atoms with Crippen molar-refractivity contribution in [2.24, 2.45) is 0 Å². The molecule has 0 saturated heterocycles. The van der Waals surface area contributed by atoms with Crippen molar-refractivity contribution in [1.82, 2.24) is 9.97 Å². The highest BCUT2D eigenvalue weighted by atomic mass is 32.2. The van der Waals surface area contributed by atoms with Gasteiger partial charge in [-0.3, -0.25) is 9.59 Å². The Labute approximate surface area is 164 Å². The van der Waals surface area contributed by atoms with Gasteiger partial charge in [-0.2, -0.15) is 0 Å². The average Bonchev–Trinajstić information content (AvgIpc) is 3.16. The molecule has 2 heterocycles. The van der Waals surface area contributed by atoms with Crippen LogP contribution < -0.4 is 10.1 Å². The first kappa shape index (κ1) is 19.1. The number of esters is 1. The summed E-state index contributed by atoms with van der Waals surface area (Å²) in [7, 11) is 0. The van der Waals surface area contributed by atoms with Gasteiger partial charge < -0.3 is 14.8 Å². The van der Waals surface area contributed by atoms with Gasteiger partial charge in [-0.05, 0) is 42.6 Å². The molecule has 0 bridgehead atoms. The summed E-state index contributed by atoms with van der Waals surface area (Å²) in [5.74, 6) is -0.0924. The highest BCUT2D eigenvalue weighted by Gasteiger charge is 2.11. The number of ether oxygens (including phenoxy) is 2. The van der Waals surface area contributed by atoms with Crippen molar-refractivity contribution in [2.75, 3.05) is 24.3 Å². The van der Waals surface area contributed by atoms with E-state index >= 15 is 0 Å². The Morgan fingerprint density at radius 2 is 2.00 bits per heavy atom. The van der Waals surface area contributed by atoms with E-state index in [1.807, 2.05) is 18.4 Å². The van der Waals surface area contributed by atoms with Crippen molar-refractivity contribution >= 4 is 50.9 Å². The summed E-state index contributed by atoms with van der Waals surface area (Å²) in [6.45, 7) is 2.13. The van der Waals surface area contributed by atoms with Crippen LogP contribution in [-0.2, 0) is 14.3 Å². The van der Waals surface area contributed by atoms with E-state index in [9.17, 15) is 9.59 Å². The fraction of sp³-hybridized carbons (Fsp3) is 0.222. The third-order valence-electron chi connectivity index (χ3n) is 3.37. The lowest BCUT2D eigenvalue weighted by Gasteiger charge is -2.08. The smallest absolute Gasteiger partial charge is 0.316 e. The van der Waals surface area contributed by atoms with Crippen LogP contribution in [0.2, 0.25) is 0 Å². The summed E-state index contributed by atoms with van der Waals surface area (Å²) >= 11 is 2.77. The fourth-order valence-electron chi connectivity index (χ4n) is 2.20. The van der Waals surface area contributed by atoms with Crippen LogP contribution in [0.15, 0.2) is 47.1 Å². The van der Waals surface area contributed by atoms with Gasteiger partial charge in [0.2, 0.25) is 0 Å². The summed E-state index contributed by atoms with van der Waals surface area (Å²) in [4.78, 5) is 33.0. The number of amides is 1. The Morgan fingerprint density at radius 3 is 2.78 bits per heavy atom. The van der Waals surface area contributed by atoms with E-state index in [1.54, 1.807) is 24.3 Å². The van der Waals surface area contributed by atoms with Crippen molar-refractivity contribution in [3.05, 3.63) is 42.0 Å². The Kier molecular flexibility index (Phi) is 6.61. The van der Waals surface area contributed by atoms with Gasteiger partial charge in [-0.1, -0.05) is 11.8 Å². The van der Waals surface area contributed by atoms with Crippen LogP contribution in [0.25, 0.3) is 10.2 Å². The van der Waals surface area contributed by atoms with E-state index in [1.165, 1.54) is 29.4 Å². The van der Waals surface area contributed by atoms with Crippen LogP contribution in [-0.4, -0.2) is 40.8 Å². The number of thioether (sulfide) groups is 1. The number of nitrogens with one attached hydrogen (secondary N) is 1. The number of fused-ring (bicyclic) bond motifs is 1. The number of aromatic nitrogens is 2. The van der Waals surface area contributed by atoms with Crippen LogP contribution in [0.3, 0.4) is 0 Å². The minimum Gasteiger partial charge on any atom is -0.494 e. The predicted molar refractivity (Wildman–Crippen MR) is 105 cm³/mol. The van der Waals surface area contributed by atoms with Gasteiger partial charge in [-0.15, -0.1) is 11.3 Å². The normalized spacial score (nSPS) is 10.6. The molecule has 0 spiro atoms. The second-order valence-corrected chi connectivity index (χ2v) is 7.13. The molecule has 0 aliphatic rings. The molecule has 9 heteroatoms. The van der Waals surface area contributed by atoms with Crippen LogP contribution >= 0.6 is 23.1 Å². The molecular formula is C18H17N3O4S2. The first-order valence-electron chi connectivity index (χ1n) is 8.15. The number of anilines is 1. The van der Waals surface area contributed by atoms with Crippen molar-refractivity contribution in [3.63, 3.8) is 0 Å². The molecule has 0 radical (unpaired) electrons. The zero-order valence-corrected chi connectivity index (χ0v) is 16.1. The number of benzene rings is 1. The molecule has 7 nitrogen and oxygen atoms in total. The number of carbonyl (C=O) groups excluding carboxylic acids is 2. The fourth-order valence-corrected chi connectivity index (χ4v) is 3.77. The lowest BCUT2D eigenvalue weighted by Crippen LogP contribution is -2.21. The Morgan fingerprint density at radius 1 is 1.19 bits per heavy atom. The zero-order chi connectivity index (χ0) is 19.1. The maximum absolute atomic E-state index is 11.9. The van der Waals surface area contributed by atoms with E-state index in [0.717, 1.165) is 21.0 Å². The lowest BCUT2D eigenvalue weighted by molar-refractivity contribution is -0.144. The summed E-state index contributed by atoms with van der Waals surface area (Å²) in [6.07, 6.45) is 1.47. The van der Waals surface area contributed by atoms with E-state index in [2.05, 4.69) is 15.3 Å². The molecule has 1 amide bonds. The molecule has 0 aliphatic heterocycles. The molecule has 27 heavy (non-hydrogen) atoms. The van der Waals surface area contributed by atoms with Gasteiger partial charge in [-0.25, -0.2) is 9.97 Å². The summed E-state index contributed by atoms with van der Waals surface area (Å²) in [5.41, 5.74) is 0.606. The van der Waals surface area contributed by atoms with E-state index in [-0.39, 0.29) is 12.4 Å². The third kappa shape index (κ3) is 5.41. The molecule has 140 valence electrons. The van der Waals surface area contributed by atoms with Crippen LogP contribution in [0, 0.1) is 0 Å². The summed E-state index contributed by atoms with van der Waals surface area (Å²) < 4.78 is 10.4. The number of thiophene rings is 1. The minimum atomic E-state index is -0.483. The molecule has 0 aliphatic carbocycles. The second kappa shape index (κ2) is 9.33. The number of nitrogens with zero attached hydrogens (tertiary/aromatic N) is 2. The number of carbonyl (C=O) groups is 2. The van der Waals surface area contributed by atoms with E-state index < -0.39 is 11.9 Å². The van der Waals surface area contributed by atoms with E-state index in [4.69, 9.17) is 9.47 Å². The van der Waals surface area contributed by atoms with Crippen molar-refractivity contribution < 1.29 is 19.1 Å². The number of rotatable bonds is 8. The number of hydrogen-bond acceptors (Lipinski definition) is 8. The monoisotopic (exact) mass is 403 g/mol. The van der Waals surface area contributed by atoms with Crippen LogP contribution in [0.5, 0.6) is 5.75 Å². The molecule has 2 aromatic heterocycles.